The molecule has 0 aromatic heterocycles. The van der Waals surface area contributed by atoms with Crippen molar-refractivity contribution in [2.45, 2.75) is 68.6 Å². The van der Waals surface area contributed by atoms with Crippen LogP contribution in [0.4, 0.5) is 0 Å². The Hall–Kier alpha value is -2.78. The second kappa shape index (κ2) is 10.8. The van der Waals surface area contributed by atoms with Gasteiger partial charge in [0, 0.05) is 12.5 Å². The number of carboxylic acids is 1. The van der Waals surface area contributed by atoms with E-state index in [9.17, 15) is 18.3 Å². The first-order valence-corrected chi connectivity index (χ1v) is 16.2. The number of carbonyl (C=O) groups is 1. The topological polar surface area (TPSA) is 89.9 Å². The fraction of sp³-hybridized carbons (Fsp3) is 0.367. The lowest BCUT2D eigenvalue weighted by Crippen LogP contribution is -2.68. The highest BCUT2D eigenvalue weighted by Gasteiger charge is 2.56. The van der Waals surface area contributed by atoms with Gasteiger partial charge in [0.05, 0.1) is 4.90 Å². The number of rotatable bonds is 8. The van der Waals surface area contributed by atoms with E-state index in [0.29, 0.717) is 6.42 Å². The first-order valence-electron chi connectivity index (χ1n) is 12.9. The minimum Gasteiger partial charge on any atom is -0.479 e. The van der Waals surface area contributed by atoms with Crippen molar-refractivity contribution >= 4 is 34.8 Å². The third-order valence-electron chi connectivity index (χ3n) is 7.35. The summed E-state index contributed by atoms with van der Waals surface area (Å²) in [5.41, 5.74) is -1.93. The summed E-state index contributed by atoms with van der Waals surface area (Å²) in [6.07, 6.45) is 0.0964. The van der Waals surface area contributed by atoms with Crippen molar-refractivity contribution in [2.24, 2.45) is 5.92 Å². The molecule has 0 saturated heterocycles. The minimum absolute atomic E-state index is 0.0662. The van der Waals surface area contributed by atoms with Crippen molar-refractivity contribution in [1.29, 1.82) is 0 Å². The molecule has 0 amide bonds. The van der Waals surface area contributed by atoms with Gasteiger partial charge in [-0.05, 0) is 46.3 Å². The fourth-order valence-electron chi connectivity index (χ4n) is 5.78. The summed E-state index contributed by atoms with van der Waals surface area (Å²) in [4.78, 5) is 12.7. The molecular formula is C30H36O6SSi. The maximum Gasteiger partial charge on any atom is 0.337 e. The van der Waals surface area contributed by atoms with Gasteiger partial charge in [-0.15, -0.1) is 0 Å². The number of carboxylic acid groups (broad SMARTS) is 1. The zero-order valence-electron chi connectivity index (χ0n) is 22.3. The summed E-state index contributed by atoms with van der Waals surface area (Å²) in [7, 11) is -7.30. The van der Waals surface area contributed by atoms with Crippen LogP contribution in [0.3, 0.4) is 0 Å². The molecule has 3 atom stereocenters. The Morgan fingerprint density at radius 3 is 1.79 bits per heavy atom. The predicted molar refractivity (Wildman–Crippen MR) is 151 cm³/mol. The van der Waals surface area contributed by atoms with Crippen LogP contribution >= 0.6 is 0 Å². The van der Waals surface area contributed by atoms with E-state index < -0.39 is 36.1 Å². The van der Waals surface area contributed by atoms with Crippen molar-refractivity contribution in [2.75, 3.05) is 0 Å². The van der Waals surface area contributed by atoms with Gasteiger partial charge in [-0.3, -0.25) is 0 Å². The number of hydrogen-bond acceptors (Lipinski definition) is 5. The highest BCUT2D eigenvalue weighted by molar-refractivity contribution is 7.86. The van der Waals surface area contributed by atoms with E-state index in [1.807, 2.05) is 43.3 Å². The monoisotopic (exact) mass is 552 g/mol. The molecule has 0 spiro atoms. The highest BCUT2D eigenvalue weighted by atomic mass is 32.2. The minimum atomic E-state index is -4.31. The predicted octanol–water partition coefficient (Wildman–Crippen LogP) is 4.98. The lowest BCUT2D eigenvalue weighted by atomic mass is 9.77. The van der Waals surface area contributed by atoms with E-state index in [1.165, 1.54) is 12.1 Å². The van der Waals surface area contributed by atoms with Gasteiger partial charge in [0.25, 0.3) is 18.4 Å². The van der Waals surface area contributed by atoms with Crippen LogP contribution in [0.25, 0.3) is 0 Å². The van der Waals surface area contributed by atoms with E-state index in [2.05, 4.69) is 45.0 Å². The van der Waals surface area contributed by atoms with Gasteiger partial charge < -0.3 is 9.53 Å². The molecule has 1 fully saturated rings. The molecule has 202 valence electrons. The fourth-order valence-corrected chi connectivity index (χ4v) is 11.7. The lowest BCUT2D eigenvalue weighted by molar-refractivity contribution is -0.163. The van der Waals surface area contributed by atoms with Crippen molar-refractivity contribution in [1.82, 2.24) is 0 Å². The summed E-state index contributed by atoms with van der Waals surface area (Å²) in [5, 5.41) is 12.2. The molecule has 6 nitrogen and oxygen atoms in total. The molecule has 0 heterocycles. The van der Waals surface area contributed by atoms with Crippen molar-refractivity contribution in [3.05, 3.63) is 91.0 Å². The van der Waals surface area contributed by atoms with Crippen LogP contribution in [0.15, 0.2) is 95.9 Å². The summed E-state index contributed by atoms with van der Waals surface area (Å²) < 4.78 is 39.2. The molecule has 1 N–H and O–H groups in total. The summed E-state index contributed by atoms with van der Waals surface area (Å²) >= 11 is 0. The Kier molecular flexibility index (Phi) is 8.00. The third-order valence-corrected chi connectivity index (χ3v) is 13.8. The van der Waals surface area contributed by atoms with Crippen LogP contribution in [0.2, 0.25) is 5.04 Å². The normalized spacial score (nSPS) is 22.6. The average Bonchev–Trinajstić information content (AvgIpc) is 2.87. The van der Waals surface area contributed by atoms with E-state index in [-0.39, 0.29) is 28.7 Å². The summed E-state index contributed by atoms with van der Waals surface area (Å²) in [5.74, 6) is -1.42. The standard InChI is InChI=1S/C30H36O6SSi/c1-23-20-24(22-30(21-23,28(31)32)36-37(33,34)25-14-8-5-9-15-25)35-38(29(2,3)4,26-16-10-6-11-17-26)27-18-12-7-13-19-27/h5-19,23-24H,20-22H2,1-4H3,(H,31,32)/t23-,24+,30-/m1/s1. The van der Waals surface area contributed by atoms with Crippen LogP contribution in [0, 0.1) is 5.92 Å². The molecule has 4 rings (SSSR count). The third kappa shape index (κ3) is 5.49. The van der Waals surface area contributed by atoms with E-state index in [1.54, 1.807) is 18.2 Å². The van der Waals surface area contributed by atoms with E-state index in [0.717, 1.165) is 10.4 Å². The second-order valence-electron chi connectivity index (χ2n) is 11.3. The highest BCUT2D eigenvalue weighted by Crippen LogP contribution is 2.44. The van der Waals surface area contributed by atoms with E-state index in [4.69, 9.17) is 8.61 Å². The number of benzene rings is 3. The Labute approximate surface area is 226 Å². The quantitative estimate of drug-likeness (QED) is 0.313. The zero-order valence-corrected chi connectivity index (χ0v) is 24.1. The molecule has 0 bridgehead atoms. The Morgan fingerprint density at radius 1 is 0.868 bits per heavy atom. The summed E-state index contributed by atoms with van der Waals surface area (Å²) in [6, 6.07) is 27.9. The molecule has 38 heavy (non-hydrogen) atoms. The smallest absolute Gasteiger partial charge is 0.337 e. The molecule has 0 radical (unpaired) electrons. The lowest BCUT2D eigenvalue weighted by Gasteiger charge is -2.48. The molecule has 8 heteroatoms. The Morgan fingerprint density at radius 2 is 1.34 bits per heavy atom. The zero-order chi connectivity index (χ0) is 27.6. The van der Waals surface area contributed by atoms with Crippen LogP contribution in [-0.2, 0) is 23.5 Å². The van der Waals surface area contributed by atoms with Gasteiger partial charge in [-0.2, -0.15) is 8.42 Å². The maximum atomic E-state index is 13.2. The first kappa shape index (κ1) is 28.2. The van der Waals surface area contributed by atoms with Gasteiger partial charge in [0.1, 0.15) is 0 Å². The average molecular weight is 553 g/mol. The van der Waals surface area contributed by atoms with Gasteiger partial charge in [-0.25, -0.2) is 8.98 Å². The Bertz CT molecular complexity index is 1300. The van der Waals surface area contributed by atoms with Crippen LogP contribution < -0.4 is 10.4 Å². The van der Waals surface area contributed by atoms with Crippen molar-refractivity contribution in [3.63, 3.8) is 0 Å². The molecule has 1 aliphatic carbocycles. The van der Waals surface area contributed by atoms with Gasteiger partial charge in [-0.1, -0.05) is 107 Å². The first-order chi connectivity index (χ1) is 17.9. The van der Waals surface area contributed by atoms with Crippen molar-refractivity contribution in [3.8, 4) is 0 Å². The maximum absolute atomic E-state index is 13.2. The second-order valence-corrected chi connectivity index (χ2v) is 17.1. The van der Waals surface area contributed by atoms with Crippen molar-refractivity contribution < 1.29 is 26.9 Å². The van der Waals surface area contributed by atoms with Gasteiger partial charge >= 0.3 is 5.97 Å². The SMILES string of the molecule is C[C@@H]1C[C@H](O[Si](c2ccccc2)(c2ccccc2)C(C)(C)C)C[C@@](OS(=O)(=O)c2ccccc2)(C(=O)O)C1. The molecule has 3 aromatic rings. The Balaban J connectivity index is 1.79. The molecule has 1 saturated carbocycles. The van der Waals surface area contributed by atoms with E-state index >= 15 is 0 Å². The molecular weight excluding hydrogens is 516 g/mol. The van der Waals surface area contributed by atoms with Crippen LogP contribution in [-0.4, -0.2) is 39.5 Å². The molecule has 0 aliphatic heterocycles. The van der Waals surface area contributed by atoms with Crippen LogP contribution in [0.1, 0.15) is 47.0 Å². The van der Waals surface area contributed by atoms with Gasteiger partial charge in [0.2, 0.25) is 0 Å². The summed E-state index contributed by atoms with van der Waals surface area (Å²) in [6.45, 7) is 8.40. The molecule has 3 aromatic carbocycles. The van der Waals surface area contributed by atoms with Gasteiger partial charge in [0.15, 0.2) is 5.60 Å². The van der Waals surface area contributed by atoms with Crippen LogP contribution in [0.5, 0.6) is 0 Å². The molecule has 1 aliphatic rings. The number of aliphatic carboxylic acids is 1. The largest absolute Gasteiger partial charge is 0.479 e. The number of hydrogen-bond donors (Lipinski definition) is 1. The molecule has 0 unspecified atom stereocenters.